The van der Waals surface area contributed by atoms with Gasteiger partial charge in [-0.05, 0) is 57.5 Å². The molecule has 1 aromatic heterocycles. The molecule has 1 N–H and O–H groups in total. The molecular weight excluding hydrogens is 394 g/mol. The van der Waals surface area contributed by atoms with E-state index in [2.05, 4.69) is 48.4 Å². The van der Waals surface area contributed by atoms with Crippen molar-refractivity contribution in [3.63, 3.8) is 0 Å². The van der Waals surface area contributed by atoms with Crippen molar-refractivity contribution in [1.82, 2.24) is 4.98 Å². The maximum absolute atomic E-state index is 11.9. The fraction of sp³-hybridized carbons (Fsp3) is 0.208. The molecule has 0 amide bonds. The molecule has 0 bridgehead atoms. The van der Waals surface area contributed by atoms with E-state index in [9.17, 15) is 10.1 Å². The van der Waals surface area contributed by atoms with Crippen LogP contribution in [0.5, 0.6) is 0 Å². The number of rotatable bonds is 6. The van der Waals surface area contributed by atoms with Crippen LogP contribution in [0.3, 0.4) is 0 Å². The van der Waals surface area contributed by atoms with E-state index < -0.39 is 0 Å². The predicted octanol–water partition coefficient (Wildman–Crippen LogP) is 5.97. The molecule has 0 spiro atoms. The lowest BCUT2D eigenvalue weighted by Gasteiger charge is -2.08. The van der Waals surface area contributed by atoms with Gasteiger partial charge in [-0.15, -0.1) is 11.3 Å². The highest BCUT2D eigenvalue weighted by Gasteiger charge is 2.11. The maximum Gasteiger partial charge on any atom is 0.338 e. The highest BCUT2D eigenvalue weighted by molar-refractivity contribution is 7.11. The van der Waals surface area contributed by atoms with Gasteiger partial charge in [-0.25, -0.2) is 9.78 Å². The summed E-state index contributed by atoms with van der Waals surface area (Å²) in [6, 6.07) is 15.4. The summed E-state index contributed by atoms with van der Waals surface area (Å²) in [5, 5.41) is 15.3. The number of hydrogen-bond acceptors (Lipinski definition) is 6. The number of nitrogens with one attached hydrogen (secondary N) is 1. The summed E-state index contributed by atoms with van der Waals surface area (Å²) in [4.78, 5) is 16.6. The fourth-order valence-electron chi connectivity index (χ4n) is 2.90. The molecule has 152 valence electrons. The summed E-state index contributed by atoms with van der Waals surface area (Å²) in [5.74, 6) is -0.355. The second-order valence-corrected chi connectivity index (χ2v) is 8.06. The molecule has 1 heterocycles. The second-order valence-electron chi connectivity index (χ2n) is 7.20. The van der Waals surface area contributed by atoms with Crippen LogP contribution in [0.2, 0.25) is 0 Å². The largest absolute Gasteiger partial charge is 0.459 e. The zero-order valence-electron chi connectivity index (χ0n) is 17.4. The highest BCUT2D eigenvalue weighted by Crippen LogP contribution is 2.28. The van der Waals surface area contributed by atoms with Gasteiger partial charge in [0.1, 0.15) is 16.6 Å². The fourth-order valence-corrected chi connectivity index (χ4v) is 3.69. The van der Waals surface area contributed by atoms with Gasteiger partial charge in [0.2, 0.25) is 0 Å². The van der Waals surface area contributed by atoms with Gasteiger partial charge < -0.3 is 10.1 Å². The smallest absolute Gasteiger partial charge is 0.338 e. The van der Waals surface area contributed by atoms with Crippen molar-refractivity contribution in [1.29, 1.82) is 5.26 Å². The van der Waals surface area contributed by atoms with Crippen LogP contribution in [0, 0.1) is 25.2 Å². The first-order valence-electron chi connectivity index (χ1n) is 9.58. The number of hydrogen-bond donors (Lipinski definition) is 1. The normalized spacial score (nSPS) is 11.3. The van der Waals surface area contributed by atoms with Crippen molar-refractivity contribution in [2.75, 3.05) is 5.32 Å². The quantitative estimate of drug-likeness (QED) is 0.395. The number of carbonyl (C=O) groups is 1. The SMILES string of the molecule is Cc1ccc(-c2csc(C(C#N)=CNc3ccc(C(=O)OC(C)C)cc3)n2)c(C)c1. The molecule has 0 fully saturated rings. The molecule has 0 aliphatic rings. The van der Waals surface area contributed by atoms with E-state index in [4.69, 9.17) is 4.74 Å². The number of ether oxygens (including phenoxy) is 1. The van der Waals surface area contributed by atoms with Crippen molar-refractivity contribution in [2.45, 2.75) is 33.8 Å². The van der Waals surface area contributed by atoms with Gasteiger partial charge in [0.15, 0.2) is 0 Å². The lowest BCUT2D eigenvalue weighted by molar-refractivity contribution is 0.0378. The minimum atomic E-state index is -0.355. The Kier molecular flexibility index (Phi) is 6.65. The summed E-state index contributed by atoms with van der Waals surface area (Å²) in [6.07, 6.45) is 1.47. The zero-order chi connectivity index (χ0) is 21.7. The molecular formula is C24H23N3O2S. The average Bonchev–Trinajstić information content (AvgIpc) is 3.18. The minimum absolute atomic E-state index is 0.164. The molecule has 0 unspecified atom stereocenters. The molecule has 0 aliphatic carbocycles. The van der Waals surface area contributed by atoms with Gasteiger partial charge in [-0.3, -0.25) is 0 Å². The molecule has 0 saturated carbocycles. The zero-order valence-corrected chi connectivity index (χ0v) is 18.2. The summed E-state index contributed by atoms with van der Waals surface area (Å²) >= 11 is 1.43. The Morgan fingerprint density at radius 2 is 1.93 bits per heavy atom. The number of aromatic nitrogens is 1. The first-order chi connectivity index (χ1) is 14.4. The van der Waals surface area contributed by atoms with E-state index in [0.29, 0.717) is 16.1 Å². The third-order valence-electron chi connectivity index (χ3n) is 4.36. The molecule has 2 aromatic carbocycles. The van der Waals surface area contributed by atoms with Crippen molar-refractivity contribution >= 4 is 28.6 Å². The van der Waals surface area contributed by atoms with Gasteiger partial charge in [-0.2, -0.15) is 5.26 Å². The lowest BCUT2D eigenvalue weighted by Crippen LogP contribution is -2.11. The van der Waals surface area contributed by atoms with Crippen molar-refractivity contribution in [2.24, 2.45) is 0 Å². The van der Waals surface area contributed by atoms with Gasteiger partial charge in [0.25, 0.3) is 0 Å². The van der Waals surface area contributed by atoms with Crippen LogP contribution in [0.1, 0.15) is 40.3 Å². The molecule has 5 nitrogen and oxygen atoms in total. The molecule has 0 aliphatic heterocycles. The Bertz CT molecular complexity index is 1120. The van der Waals surface area contributed by atoms with Gasteiger partial charge in [0.05, 0.1) is 17.4 Å². The molecule has 30 heavy (non-hydrogen) atoms. The number of thiazole rings is 1. The van der Waals surface area contributed by atoms with Crippen LogP contribution in [-0.2, 0) is 4.74 Å². The number of esters is 1. The molecule has 0 atom stereocenters. The first-order valence-corrected chi connectivity index (χ1v) is 10.5. The lowest BCUT2D eigenvalue weighted by atomic mass is 10.0. The van der Waals surface area contributed by atoms with Crippen molar-refractivity contribution in [3.8, 4) is 17.3 Å². The topological polar surface area (TPSA) is 75.0 Å². The minimum Gasteiger partial charge on any atom is -0.459 e. The first kappa shape index (κ1) is 21.3. The van der Waals surface area contributed by atoms with Crippen LogP contribution in [0.4, 0.5) is 5.69 Å². The van der Waals surface area contributed by atoms with Crippen LogP contribution < -0.4 is 5.32 Å². The maximum atomic E-state index is 11.9. The number of anilines is 1. The Morgan fingerprint density at radius 1 is 1.20 bits per heavy atom. The molecule has 6 heteroatoms. The Balaban J connectivity index is 1.75. The summed E-state index contributed by atoms with van der Waals surface area (Å²) < 4.78 is 5.18. The van der Waals surface area contributed by atoms with Crippen molar-refractivity contribution < 1.29 is 9.53 Å². The van der Waals surface area contributed by atoms with E-state index in [1.165, 1.54) is 16.9 Å². The molecule has 0 saturated heterocycles. The Labute approximate surface area is 180 Å². The summed E-state index contributed by atoms with van der Waals surface area (Å²) in [5.41, 5.74) is 5.98. The summed E-state index contributed by atoms with van der Waals surface area (Å²) in [6.45, 7) is 7.74. The molecule has 3 aromatic rings. The monoisotopic (exact) mass is 417 g/mol. The van der Waals surface area contributed by atoms with Gasteiger partial charge >= 0.3 is 5.97 Å². The van der Waals surface area contributed by atoms with Crippen LogP contribution >= 0.6 is 11.3 Å². The third-order valence-corrected chi connectivity index (χ3v) is 5.23. The van der Waals surface area contributed by atoms with Gasteiger partial charge in [0, 0.05) is 22.8 Å². The Hall–Kier alpha value is -3.43. The number of nitrogens with zero attached hydrogens (tertiary/aromatic N) is 2. The number of aryl methyl sites for hydroxylation is 2. The van der Waals surface area contributed by atoms with E-state index in [-0.39, 0.29) is 12.1 Å². The number of carbonyl (C=O) groups excluding carboxylic acids is 1. The Morgan fingerprint density at radius 3 is 2.57 bits per heavy atom. The molecule has 3 rings (SSSR count). The number of nitriles is 1. The highest BCUT2D eigenvalue weighted by atomic mass is 32.1. The van der Waals surface area contributed by atoms with E-state index in [0.717, 1.165) is 22.5 Å². The average molecular weight is 418 g/mol. The number of allylic oxidation sites excluding steroid dienone is 1. The summed E-state index contributed by atoms with van der Waals surface area (Å²) in [7, 11) is 0. The standard InChI is InChI=1S/C24H23N3O2S/c1-15(2)29-24(28)18-6-8-20(9-7-18)26-13-19(12-25)23-27-22(14-30-23)21-10-5-16(3)11-17(21)4/h5-11,13-15,26H,1-4H3. The van der Waals surface area contributed by atoms with Gasteiger partial charge in [-0.1, -0.05) is 23.8 Å². The molecule has 0 radical (unpaired) electrons. The predicted molar refractivity (Wildman–Crippen MR) is 121 cm³/mol. The van der Waals surface area contributed by atoms with Crippen LogP contribution in [0.15, 0.2) is 54.0 Å². The van der Waals surface area contributed by atoms with Crippen LogP contribution in [-0.4, -0.2) is 17.1 Å². The third kappa shape index (κ3) is 5.13. The second kappa shape index (κ2) is 9.38. The van der Waals surface area contributed by atoms with E-state index in [1.807, 2.05) is 19.2 Å². The number of benzene rings is 2. The van der Waals surface area contributed by atoms with Crippen molar-refractivity contribution in [3.05, 3.63) is 75.7 Å². The van der Waals surface area contributed by atoms with E-state index in [1.54, 1.807) is 30.5 Å². The van der Waals surface area contributed by atoms with Crippen LogP contribution in [0.25, 0.3) is 16.8 Å². The van der Waals surface area contributed by atoms with E-state index >= 15 is 0 Å².